The van der Waals surface area contributed by atoms with Crippen molar-refractivity contribution in [3.05, 3.63) is 35.4 Å². The van der Waals surface area contributed by atoms with Gasteiger partial charge in [0.1, 0.15) is 0 Å². The summed E-state index contributed by atoms with van der Waals surface area (Å²) in [5, 5.41) is 9.35. The molecule has 1 atom stereocenters. The minimum Gasteiger partial charge on any atom is -0.481 e. The highest BCUT2D eigenvalue weighted by Crippen LogP contribution is 2.31. The van der Waals surface area contributed by atoms with E-state index in [2.05, 4.69) is 0 Å². The van der Waals surface area contributed by atoms with Crippen molar-refractivity contribution in [2.45, 2.75) is 33.2 Å². The van der Waals surface area contributed by atoms with E-state index >= 15 is 0 Å². The Morgan fingerprint density at radius 2 is 1.89 bits per heavy atom. The van der Waals surface area contributed by atoms with E-state index in [4.69, 9.17) is 0 Å². The number of amides is 1. The third kappa shape index (κ3) is 2.62. The smallest absolute Gasteiger partial charge is 0.312 e. The highest BCUT2D eigenvalue weighted by molar-refractivity contribution is 5.84. The molecule has 0 fully saturated rings. The highest BCUT2D eigenvalue weighted by Gasteiger charge is 2.35. The van der Waals surface area contributed by atoms with Crippen LogP contribution >= 0.6 is 0 Å². The van der Waals surface area contributed by atoms with Crippen LogP contribution in [-0.2, 0) is 16.1 Å². The quantitative estimate of drug-likeness (QED) is 0.843. The SMILES string of the molecule is CC(C)(C)C(=O)N1Cc2ccccc2C(C(=O)O)C1. The molecule has 0 aromatic heterocycles. The Labute approximate surface area is 113 Å². The maximum Gasteiger partial charge on any atom is 0.312 e. The van der Waals surface area contributed by atoms with Crippen molar-refractivity contribution in [3.63, 3.8) is 0 Å². The lowest BCUT2D eigenvalue weighted by Gasteiger charge is -2.36. The normalized spacial score (nSPS) is 18.9. The molecule has 0 bridgehead atoms. The minimum absolute atomic E-state index is 0.00625. The van der Waals surface area contributed by atoms with Crippen molar-refractivity contribution in [2.24, 2.45) is 5.41 Å². The van der Waals surface area contributed by atoms with E-state index in [0.29, 0.717) is 6.54 Å². The van der Waals surface area contributed by atoms with Gasteiger partial charge in [-0.1, -0.05) is 45.0 Å². The van der Waals surface area contributed by atoms with Gasteiger partial charge >= 0.3 is 5.97 Å². The van der Waals surface area contributed by atoms with Gasteiger partial charge < -0.3 is 10.0 Å². The molecule has 1 aliphatic rings. The van der Waals surface area contributed by atoms with Crippen LogP contribution in [0.25, 0.3) is 0 Å². The van der Waals surface area contributed by atoms with Gasteiger partial charge in [0, 0.05) is 18.5 Å². The zero-order valence-corrected chi connectivity index (χ0v) is 11.5. The fourth-order valence-electron chi connectivity index (χ4n) is 2.45. The lowest BCUT2D eigenvalue weighted by Crippen LogP contribution is -2.45. The number of carboxylic acid groups (broad SMARTS) is 1. The van der Waals surface area contributed by atoms with Gasteiger partial charge in [-0.3, -0.25) is 9.59 Å². The summed E-state index contributed by atoms with van der Waals surface area (Å²) in [5.41, 5.74) is 1.27. The topological polar surface area (TPSA) is 57.6 Å². The van der Waals surface area contributed by atoms with Gasteiger partial charge in [0.2, 0.25) is 5.91 Å². The summed E-state index contributed by atoms with van der Waals surface area (Å²) in [5.74, 6) is -1.51. The van der Waals surface area contributed by atoms with Crippen molar-refractivity contribution < 1.29 is 14.7 Å². The number of benzene rings is 1. The van der Waals surface area contributed by atoms with Crippen LogP contribution < -0.4 is 0 Å². The van der Waals surface area contributed by atoms with Gasteiger partial charge in [-0.05, 0) is 11.1 Å². The highest BCUT2D eigenvalue weighted by atomic mass is 16.4. The van der Waals surface area contributed by atoms with Crippen molar-refractivity contribution >= 4 is 11.9 Å². The molecular formula is C15H19NO3. The van der Waals surface area contributed by atoms with Crippen LogP contribution in [0.4, 0.5) is 0 Å². The number of carbonyl (C=O) groups excluding carboxylic acids is 1. The summed E-state index contributed by atoms with van der Waals surface area (Å²) >= 11 is 0. The van der Waals surface area contributed by atoms with Crippen LogP contribution in [0.2, 0.25) is 0 Å². The van der Waals surface area contributed by atoms with Gasteiger partial charge in [0.05, 0.1) is 5.92 Å². The molecule has 4 heteroatoms. The summed E-state index contributed by atoms with van der Waals surface area (Å²) in [6.07, 6.45) is 0. The number of carboxylic acids is 1. The van der Waals surface area contributed by atoms with Crippen LogP contribution in [-0.4, -0.2) is 28.4 Å². The summed E-state index contributed by atoms with van der Waals surface area (Å²) in [6, 6.07) is 7.46. The van der Waals surface area contributed by atoms with E-state index in [1.807, 2.05) is 45.0 Å². The van der Waals surface area contributed by atoms with Gasteiger partial charge in [0.15, 0.2) is 0 Å². The first kappa shape index (κ1) is 13.6. The molecule has 1 aromatic carbocycles. The first-order chi connectivity index (χ1) is 8.80. The molecule has 0 spiro atoms. The molecule has 0 aliphatic carbocycles. The van der Waals surface area contributed by atoms with Crippen molar-refractivity contribution in [2.75, 3.05) is 6.54 Å². The molecule has 1 heterocycles. The van der Waals surface area contributed by atoms with Crippen molar-refractivity contribution in [1.82, 2.24) is 4.90 Å². The molecule has 0 saturated heterocycles. The summed E-state index contributed by atoms with van der Waals surface area (Å²) in [4.78, 5) is 25.4. The molecule has 102 valence electrons. The summed E-state index contributed by atoms with van der Waals surface area (Å²) in [7, 11) is 0. The van der Waals surface area contributed by atoms with Crippen LogP contribution in [0, 0.1) is 5.41 Å². The fraction of sp³-hybridized carbons (Fsp3) is 0.467. The van der Waals surface area contributed by atoms with E-state index in [0.717, 1.165) is 11.1 Å². The van der Waals surface area contributed by atoms with Crippen molar-refractivity contribution in [3.8, 4) is 0 Å². The maximum atomic E-state index is 12.3. The van der Waals surface area contributed by atoms with Gasteiger partial charge in [-0.2, -0.15) is 0 Å². The molecule has 1 amide bonds. The molecule has 1 unspecified atom stereocenters. The molecule has 2 rings (SSSR count). The van der Waals surface area contributed by atoms with E-state index in [-0.39, 0.29) is 12.5 Å². The molecule has 4 nitrogen and oxygen atoms in total. The second kappa shape index (κ2) is 4.68. The van der Waals surface area contributed by atoms with Crippen LogP contribution in [0.1, 0.15) is 37.8 Å². The zero-order valence-electron chi connectivity index (χ0n) is 11.5. The Hall–Kier alpha value is -1.84. The number of rotatable bonds is 1. The molecule has 1 aromatic rings. The van der Waals surface area contributed by atoms with Crippen LogP contribution in [0.3, 0.4) is 0 Å². The van der Waals surface area contributed by atoms with E-state index in [1.165, 1.54) is 0 Å². The van der Waals surface area contributed by atoms with Crippen LogP contribution in [0.15, 0.2) is 24.3 Å². The molecule has 1 aliphatic heterocycles. The van der Waals surface area contributed by atoms with Crippen molar-refractivity contribution in [1.29, 1.82) is 0 Å². The number of nitrogens with zero attached hydrogens (tertiary/aromatic N) is 1. The maximum absolute atomic E-state index is 12.3. The molecule has 0 saturated carbocycles. The Bertz CT molecular complexity index is 516. The third-order valence-electron chi connectivity index (χ3n) is 3.42. The second-order valence-corrected chi connectivity index (χ2v) is 6.03. The average molecular weight is 261 g/mol. The molecular weight excluding hydrogens is 242 g/mol. The van der Waals surface area contributed by atoms with Gasteiger partial charge in [-0.15, -0.1) is 0 Å². The molecule has 19 heavy (non-hydrogen) atoms. The van der Waals surface area contributed by atoms with Gasteiger partial charge in [0.25, 0.3) is 0 Å². The molecule has 0 radical (unpaired) electrons. The first-order valence-corrected chi connectivity index (χ1v) is 6.40. The second-order valence-electron chi connectivity index (χ2n) is 6.03. The summed E-state index contributed by atoms with van der Waals surface area (Å²) in [6.45, 7) is 6.31. The minimum atomic E-state index is -0.876. The van der Waals surface area contributed by atoms with Gasteiger partial charge in [-0.25, -0.2) is 0 Å². The monoisotopic (exact) mass is 261 g/mol. The fourth-order valence-corrected chi connectivity index (χ4v) is 2.45. The van der Waals surface area contributed by atoms with E-state index in [1.54, 1.807) is 4.90 Å². The number of hydrogen-bond donors (Lipinski definition) is 1. The number of carbonyl (C=O) groups is 2. The lowest BCUT2D eigenvalue weighted by molar-refractivity contribution is -0.144. The first-order valence-electron chi connectivity index (χ1n) is 6.40. The van der Waals surface area contributed by atoms with Crippen LogP contribution in [0.5, 0.6) is 0 Å². The predicted octanol–water partition coefficient (Wildman–Crippen LogP) is 2.24. The summed E-state index contributed by atoms with van der Waals surface area (Å²) < 4.78 is 0. The Morgan fingerprint density at radius 3 is 2.47 bits per heavy atom. The lowest BCUT2D eigenvalue weighted by atomic mass is 9.87. The number of fused-ring (bicyclic) bond motifs is 1. The number of hydrogen-bond acceptors (Lipinski definition) is 2. The predicted molar refractivity (Wildman–Crippen MR) is 71.7 cm³/mol. The standard InChI is InChI=1S/C15H19NO3/c1-15(2,3)14(19)16-8-10-6-4-5-7-11(10)12(9-16)13(17)18/h4-7,12H,8-9H2,1-3H3,(H,17,18). The largest absolute Gasteiger partial charge is 0.481 e. The Morgan fingerprint density at radius 1 is 1.26 bits per heavy atom. The Balaban J connectivity index is 2.36. The molecule has 1 N–H and O–H groups in total. The average Bonchev–Trinajstić information content (AvgIpc) is 2.35. The zero-order chi connectivity index (χ0) is 14.2. The Kier molecular flexibility index (Phi) is 3.35. The number of aliphatic carboxylic acids is 1. The van der Waals surface area contributed by atoms with E-state index in [9.17, 15) is 14.7 Å². The third-order valence-corrected chi connectivity index (χ3v) is 3.42. The van der Waals surface area contributed by atoms with E-state index < -0.39 is 17.3 Å².